The van der Waals surface area contributed by atoms with Gasteiger partial charge in [-0.25, -0.2) is 14.4 Å². The Labute approximate surface area is 195 Å². The molecule has 4 aromatic rings. The monoisotopic (exact) mass is 464 g/mol. The number of aromatic nitrogens is 3. The molecule has 1 aliphatic rings. The highest BCUT2D eigenvalue weighted by molar-refractivity contribution is 6.31. The molecule has 0 saturated carbocycles. The van der Waals surface area contributed by atoms with Crippen molar-refractivity contribution in [2.75, 3.05) is 6.54 Å². The van der Waals surface area contributed by atoms with E-state index in [1.54, 1.807) is 17.0 Å². The lowest BCUT2D eigenvalue weighted by atomic mass is 10.1. The van der Waals surface area contributed by atoms with Gasteiger partial charge in [-0.15, -0.1) is 0 Å². The summed E-state index contributed by atoms with van der Waals surface area (Å²) in [6.07, 6.45) is 2.64. The Hall–Kier alpha value is -3.45. The number of fused-ring (bicyclic) bond motifs is 1. The SMILES string of the molecule is Cc1nc2c(o1)CN(C(=O)Cc1nc(-c3ccc(Cl)c(C)c3)cn1-c1ccc(F)cc1)CC2. The van der Waals surface area contributed by atoms with Crippen LogP contribution in [0, 0.1) is 19.7 Å². The number of carbonyl (C=O) groups is 1. The van der Waals surface area contributed by atoms with Crippen LogP contribution in [0.15, 0.2) is 53.1 Å². The van der Waals surface area contributed by atoms with E-state index in [4.69, 9.17) is 21.0 Å². The van der Waals surface area contributed by atoms with Crippen LogP contribution in [-0.4, -0.2) is 31.9 Å². The van der Waals surface area contributed by atoms with Crippen LogP contribution < -0.4 is 0 Å². The molecule has 1 aliphatic heterocycles. The number of nitrogens with zero attached hydrogens (tertiary/aromatic N) is 4. The summed E-state index contributed by atoms with van der Waals surface area (Å²) in [6, 6.07) is 11.8. The Morgan fingerprint density at radius 2 is 1.94 bits per heavy atom. The van der Waals surface area contributed by atoms with E-state index in [9.17, 15) is 9.18 Å². The number of carbonyl (C=O) groups excluding carboxylic acids is 1. The Morgan fingerprint density at radius 1 is 1.15 bits per heavy atom. The number of aryl methyl sites for hydroxylation is 2. The average molecular weight is 465 g/mol. The fourth-order valence-corrected chi connectivity index (χ4v) is 4.21. The molecule has 0 unspecified atom stereocenters. The van der Waals surface area contributed by atoms with Crippen molar-refractivity contribution in [2.24, 2.45) is 0 Å². The van der Waals surface area contributed by atoms with Gasteiger partial charge >= 0.3 is 0 Å². The van der Waals surface area contributed by atoms with E-state index >= 15 is 0 Å². The van der Waals surface area contributed by atoms with Crippen LogP contribution in [-0.2, 0) is 24.2 Å². The summed E-state index contributed by atoms with van der Waals surface area (Å²) >= 11 is 6.18. The third-order valence-electron chi connectivity index (χ3n) is 5.84. The molecule has 0 fully saturated rings. The van der Waals surface area contributed by atoms with Gasteiger partial charge in [-0.2, -0.15) is 0 Å². The van der Waals surface area contributed by atoms with E-state index in [1.165, 1.54) is 12.1 Å². The number of hydrogen-bond donors (Lipinski definition) is 0. The van der Waals surface area contributed by atoms with Crippen LogP contribution in [0.1, 0.15) is 28.7 Å². The summed E-state index contributed by atoms with van der Waals surface area (Å²) in [5.74, 6) is 1.56. The third kappa shape index (κ3) is 4.28. The molecule has 2 aromatic carbocycles. The molecule has 0 atom stereocenters. The van der Waals surface area contributed by atoms with Gasteiger partial charge in [-0.1, -0.05) is 17.7 Å². The minimum atomic E-state index is -0.323. The van der Waals surface area contributed by atoms with Gasteiger partial charge in [0.25, 0.3) is 0 Å². The maximum atomic E-state index is 13.5. The van der Waals surface area contributed by atoms with Gasteiger partial charge in [-0.3, -0.25) is 4.79 Å². The summed E-state index contributed by atoms with van der Waals surface area (Å²) in [4.78, 5) is 24.1. The van der Waals surface area contributed by atoms with Gasteiger partial charge in [0.1, 0.15) is 17.4 Å². The lowest BCUT2D eigenvalue weighted by Crippen LogP contribution is -2.37. The highest BCUT2D eigenvalue weighted by Gasteiger charge is 2.26. The zero-order valence-electron chi connectivity index (χ0n) is 18.3. The number of imidazole rings is 1. The largest absolute Gasteiger partial charge is 0.444 e. The molecule has 0 aliphatic carbocycles. The number of rotatable bonds is 4. The van der Waals surface area contributed by atoms with Gasteiger partial charge in [-0.05, 0) is 48.9 Å². The zero-order chi connectivity index (χ0) is 23.1. The van der Waals surface area contributed by atoms with Gasteiger partial charge in [0.05, 0.1) is 24.4 Å². The Morgan fingerprint density at radius 3 is 2.70 bits per heavy atom. The first kappa shape index (κ1) is 21.4. The number of oxazole rings is 1. The first-order chi connectivity index (χ1) is 15.9. The molecule has 6 nitrogen and oxygen atoms in total. The molecular formula is C25H22ClFN4O2. The van der Waals surface area contributed by atoms with Crippen molar-refractivity contribution in [1.29, 1.82) is 0 Å². The lowest BCUT2D eigenvalue weighted by molar-refractivity contribution is -0.131. The second-order valence-electron chi connectivity index (χ2n) is 8.20. The molecule has 5 rings (SSSR count). The van der Waals surface area contributed by atoms with Crippen molar-refractivity contribution >= 4 is 17.5 Å². The van der Waals surface area contributed by atoms with E-state index < -0.39 is 0 Å². The molecule has 0 saturated heterocycles. The highest BCUT2D eigenvalue weighted by atomic mass is 35.5. The molecule has 3 heterocycles. The lowest BCUT2D eigenvalue weighted by Gasteiger charge is -2.25. The fraction of sp³-hybridized carbons (Fsp3) is 0.240. The zero-order valence-corrected chi connectivity index (χ0v) is 19.1. The smallest absolute Gasteiger partial charge is 0.230 e. The molecule has 168 valence electrons. The van der Waals surface area contributed by atoms with E-state index in [0.717, 1.165) is 28.3 Å². The van der Waals surface area contributed by atoms with Crippen molar-refractivity contribution < 1.29 is 13.6 Å². The Kier molecular flexibility index (Phi) is 5.50. The molecule has 0 spiro atoms. The minimum absolute atomic E-state index is 0.0532. The maximum Gasteiger partial charge on any atom is 0.230 e. The van der Waals surface area contributed by atoms with Gasteiger partial charge in [0.2, 0.25) is 5.91 Å². The summed E-state index contributed by atoms with van der Waals surface area (Å²) in [5, 5.41) is 0.680. The topological polar surface area (TPSA) is 64.2 Å². The molecule has 1 amide bonds. The van der Waals surface area contributed by atoms with E-state index in [2.05, 4.69) is 4.98 Å². The van der Waals surface area contributed by atoms with Gasteiger partial charge in [0, 0.05) is 42.4 Å². The molecule has 33 heavy (non-hydrogen) atoms. The molecule has 8 heteroatoms. The van der Waals surface area contributed by atoms with Crippen molar-refractivity contribution in [3.63, 3.8) is 0 Å². The molecule has 2 aromatic heterocycles. The van der Waals surface area contributed by atoms with Crippen molar-refractivity contribution in [3.05, 3.63) is 88.2 Å². The Balaban J connectivity index is 1.47. The number of benzene rings is 2. The van der Waals surface area contributed by atoms with Gasteiger partial charge < -0.3 is 13.9 Å². The fourth-order valence-electron chi connectivity index (χ4n) is 4.10. The third-order valence-corrected chi connectivity index (χ3v) is 6.26. The standard InChI is InChI=1S/C25H22ClFN4O2/c1-15-11-17(3-8-20(15)26)22-13-31(19-6-4-18(27)5-7-19)24(29-22)12-25(32)30-10-9-21-23(14-30)33-16(2)28-21/h3-8,11,13H,9-10,12,14H2,1-2H3. The number of halogens is 2. The van der Waals surface area contributed by atoms with Gasteiger partial charge in [0.15, 0.2) is 5.89 Å². The van der Waals surface area contributed by atoms with Crippen molar-refractivity contribution in [2.45, 2.75) is 33.2 Å². The summed E-state index contributed by atoms with van der Waals surface area (Å²) in [5.41, 5.74) is 4.20. The predicted molar refractivity (Wildman–Crippen MR) is 123 cm³/mol. The van der Waals surface area contributed by atoms with E-state index in [0.29, 0.717) is 41.9 Å². The second-order valence-corrected chi connectivity index (χ2v) is 8.60. The van der Waals surface area contributed by atoms with Crippen LogP contribution in [0.25, 0.3) is 16.9 Å². The molecule has 0 N–H and O–H groups in total. The van der Waals surface area contributed by atoms with E-state index in [1.807, 2.05) is 42.8 Å². The number of hydrogen-bond acceptors (Lipinski definition) is 4. The van der Waals surface area contributed by atoms with Crippen LogP contribution in [0.4, 0.5) is 4.39 Å². The van der Waals surface area contributed by atoms with Crippen molar-refractivity contribution in [1.82, 2.24) is 19.4 Å². The molecule has 0 bridgehead atoms. The molecule has 0 radical (unpaired) electrons. The molecular weight excluding hydrogens is 443 g/mol. The quantitative estimate of drug-likeness (QED) is 0.423. The average Bonchev–Trinajstić information content (AvgIpc) is 3.38. The highest BCUT2D eigenvalue weighted by Crippen LogP contribution is 2.27. The van der Waals surface area contributed by atoms with Crippen LogP contribution in [0.3, 0.4) is 0 Å². The summed E-state index contributed by atoms with van der Waals surface area (Å²) in [7, 11) is 0. The Bertz CT molecular complexity index is 1340. The second kappa shape index (κ2) is 8.48. The summed E-state index contributed by atoms with van der Waals surface area (Å²) in [6.45, 7) is 4.72. The van der Waals surface area contributed by atoms with Crippen molar-refractivity contribution in [3.8, 4) is 16.9 Å². The minimum Gasteiger partial charge on any atom is -0.444 e. The normalized spacial score (nSPS) is 13.3. The van der Waals surface area contributed by atoms with E-state index in [-0.39, 0.29) is 18.1 Å². The van der Waals surface area contributed by atoms with Crippen LogP contribution in [0.2, 0.25) is 5.02 Å². The number of amides is 1. The first-order valence-electron chi connectivity index (χ1n) is 10.7. The van der Waals surface area contributed by atoms with Crippen LogP contribution in [0.5, 0.6) is 0 Å². The maximum absolute atomic E-state index is 13.5. The predicted octanol–water partition coefficient (Wildman–Crippen LogP) is 5.06. The first-order valence-corrected chi connectivity index (χ1v) is 11.1. The van der Waals surface area contributed by atoms with Crippen LogP contribution >= 0.6 is 11.6 Å². The summed E-state index contributed by atoms with van der Waals surface area (Å²) < 4.78 is 21.0.